The number of nitrogens with one attached hydrogen (secondary N) is 1. The quantitative estimate of drug-likeness (QED) is 0.584. The molecule has 0 bridgehead atoms. The number of hydrogen-bond acceptors (Lipinski definition) is 3. The van der Waals surface area contributed by atoms with Crippen LogP contribution in [0.2, 0.25) is 0 Å². The topological polar surface area (TPSA) is 18.5 Å². The van der Waals surface area contributed by atoms with Gasteiger partial charge in [0.2, 0.25) is 0 Å². The summed E-state index contributed by atoms with van der Waals surface area (Å²) in [5, 5.41) is 3.50. The van der Waals surface area contributed by atoms with Crippen molar-refractivity contribution < 1.29 is 0 Å². The van der Waals surface area contributed by atoms with Crippen LogP contribution in [0.4, 0.5) is 0 Å². The molecule has 1 atom stereocenters. The highest BCUT2D eigenvalue weighted by Crippen LogP contribution is 2.00. The maximum absolute atomic E-state index is 3.50. The average molecular weight is 215 g/mol. The van der Waals surface area contributed by atoms with Gasteiger partial charge in [-0.05, 0) is 40.5 Å². The monoisotopic (exact) mass is 215 g/mol. The van der Waals surface area contributed by atoms with Crippen molar-refractivity contribution in [3.05, 3.63) is 0 Å². The van der Waals surface area contributed by atoms with Crippen molar-refractivity contribution in [3.63, 3.8) is 0 Å². The van der Waals surface area contributed by atoms with Crippen molar-refractivity contribution in [2.75, 3.05) is 47.3 Å². The molecule has 1 N–H and O–H groups in total. The second-order valence-corrected chi connectivity index (χ2v) is 4.55. The zero-order valence-electron chi connectivity index (χ0n) is 11.2. The Morgan fingerprint density at radius 2 is 1.73 bits per heavy atom. The first kappa shape index (κ1) is 14.9. The number of likely N-dealkylation sites (N-methyl/N-ethyl adjacent to an activating group) is 2. The first-order valence-corrected chi connectivity index (χ1v) is 6.17. The molecule has 1 unspecified atom stereocenters. The van der Waals surface area contributed by atoms with Crippen molar-refractivity contribution in [1.29, 1.82) is 0 Å². The molecule has 3 nitrogen and oxygen atoms in total. The lowest BCUT2D eigenvalue weighted by atomic mass is 10.2. The van der Waals surface area contributed by atoms with Gasteiger partial charge in [-0.3, -0.25) is 0 Å². The van der Waals surface area contributed by atoms with Crippen LogP contribution in [-0.4, -0.2) is 63.2 Å². The third-order valence-corrected chi connectivity index (χ3v) is 2.80. The summed E-state index contributed by atoms with van der Waals surface area (Å²) in [6.45, 7) is 9.03. The fraction of sp³-hybridized carbons (Fsp3) is 1.00. The lowest BCUT2D eigenvalue weighted by Gasteiger charge is -2.28. The molecule has 92 valence electrons. The number of rotatable bonds is 9. The van der Waals surface area contributed by atoms with Crippen LogP contribution >= 0.6 is 0 Å². The zero-order chi connectivity index (χ0) is 11.7. The van der Waals surface area contributed by atoms with E-state index in [0.29, 0.717) is 6.04 Å². The largest absolute Gasteiger partial charge is 0.315 e. The molecule has 0 aliphatic rings. The molecular formula is C12H29N3. The molecule has 0 aromatic rings. The van der Waals surface area contributed by atoms with Gasteiger partial charge in [0.15, 0.2) is 0 Å². The Morgan fingerprint density at radius 1 is 1.07 bits per heavy atom. The van der Waals surface area contributed by atoms with Crippen molar-refractivity contribution >= 4 is 0 Å². The Hall–Kier alpha value is -0.120. The van der Waals surface area contributed by atoms with Gasteiger partial charge in [0.1, 0.15) is 0 Å². The van der Waals surface area contributed by atoms with Gasteiger partial charge in [0.25, 0.3) is 0 Å². The molecule has 0 rings (SSSR count). The van der Waals surface area contributed by atoms with Crippen LogP contribution in [-0.2, 0) is 0 Å². The van der Waals surface area contributed by atoms with E-state index in [-0.39, 0.29) is 0 Å². The molecule has 0 aliphatic heterocycles. The maximum Gasteiger partial charge on any atom is 0.0215 e. The van der Waals surface area contributed by atoms with E-state index in [1.54, 1.807) is 0 Å². The van der Waals surface area contributed by atoms with Gasteiger partial charge >= 0.3 is 0 Å². The minimum Gasteiger partial charge on any atom is -0.315 e. The Morgan fingerprint density at radius 3 is 2.20 bits per heavy atom. The summed E-state index contributed by atoms with van der Waals surface area (Å²) >= 11 is 0. The highest BCUT2D eigenvalue weighted by Gasteiger charge is 2.11. The van der Waals surface area contributed by atoms with E-state index >= 15 is 0 Å². The van der Waals surface area contributed by atoms with Crippen LogP contribution in [0.5, 0.6) is 0 Å². The maximum atomic E-state index is 3.50. The zero-order valence-corrected chi connectivity index (χ0v) is 11.2. The fourth-order valence-corrected chi connectivity index (χ4v) is 1.60. The van der Waals surface area contributed by atoms with E-state index in [2.05, 4.69) is 50.1 Å². The van der Waals surface area contributed by atoms with E-state index in [9.17, 15) is 0 Å². The van der Waals surface area contributed by atoms with Crippen LogP contribution in [0.15, 0.2) is 0 Å². The predicted molar refractivity (Wildman–Crippen MR) is 68.4 cm³/mol. The molecular weight excluding hydrogens is 186 g/mol. The third kappa shape index (κ3) is 7.77. The van der Waals surface area contributed by atoms with E-state index in [1.807, 2.05) is 0 Å². The van der Waals surface area contributed by atoms with Crippen LogP contribution in [0, 0.1) is 0 Å². The highest BCUT2D eigenvalue weighted by molar-refractivity contribution is 4.70. The van der Waals surface area contributed by atoms with Gasteiger partial charge in [-0.1, -0.05) is 13.8 Å². The normalized spacial score (nSPS) is 13.8. The molecule has 0 saturated heterocycles. The summed E-state index contributed by atoms with van der Waals surface area (Å²) in [4.78, 5) is 4.70. The molecule has 0 spiro atoms. The number of nitrogens with zero attached hydrogens (tertiary/aromatic N) is 2. The van der Waals surface area contributed by atoms with Crippen molar-refractivity contribution in [2.45, 2.75) is 32.7 Å². The summed E-state index contributed by atoms with van der Waals surface area (Å²) in [7, 11) is 6.49. The van der Waals surface area contributed by atoms with Crippen LogP contribution in [0.1, 0.15) is 26.7 Å². The average Bonchev–Trinajstić information content (AvgIpc) is 2.21. The second kappa shape index (κ2) is 9.13. The van der Waals surface area contributed by atoms with Gasteiger partial charge < -0.3 is 15.1 Å². The van der Waals surface area contributed by atoms with Gasteiger partial charge in [-0.2, -0.15) is 0 Å². The highest BCUT2D eigenvalue weighted by atomic mass is 15.2. The minimum atomic E-state index is 0.677. The predicted octanol–water partition coefficient (Wildman–Crippen LogP) is 1.26. The molecule has 0 fully saturated rings. The molecule has 3 heteroatoms. The Labute approximate surface area is 95.8 Å². The molecule has 15 heavy (non-hydrogen) atoms. The molecule has 0 aliphatic carbocycles. The van der Waals surface area contributed by atoms with Crippen molar-refractivity contribution in [3.8, 4) is 0 Å². The van der Waals surface area contributed by atoms with E-state index in [0.717, 1.165) is 26.2 Å². The molecule has 0 amide bonds. The van der Waals surface area contributed by atoms with Gasteiger partial charge in [0.05, 0.1) is 0 Å². The summed E-state index contributed by atoms with van der Waals surface area (Å²) in [5.41, 5.74) is 0. The SMILES string of the molecule is CCCNCC(CC)N(C)CCN(C)C. The minimum absolute atomic E-state index is 0.677. The van der Waals surface area contributed by atoms with E-state index in [1.165, 1.54) is 12.8 Å². The Balaban J connectivity index is 3.72. The fourth-order valence-electron chi connectivity index (χ4n) is 1.60. The van der Waals surface area contributed by atoms with Crippen molar-refractivity contribution in [1.82, 2.24) is 15.1 Å². The van der Waals surface area contributed by atoms with Gasteiger partial charge in [-0.15, -0.1) is 0 Å². The Bertz CT molecular complexity index is 137. The van der Waals surface area contributed by atoms with Crippen LogP contribution in [0.25, 0.3) is 0 Å². The van der Waals surface area contributed by atoms with Crippen molar-refractivity contribution in [2.24, 2.45) is 0 Å². The standard InChI is InChI=1S/C12H29N3/c1-6-8-13-11-12(7-2)15(5)10-9-14(3)4/h12-13H,6-11H2,1-5H3. The summed E-state index contributed by atoms with van der Waals surface area (Å²) < 4.78 is 0. The molecule has 0 aromatic carbocycles. The Kier molecular flexibility index (Phi) is 9.06. The smallest absolute Gasteiger partial charge is 0.0215 e. The first-order valence-electron chi connectivity index (χ1n) is 6.17. The lowest BCUT2D eigenvalue weighted by Crippen LogP contribution is -2.42. The summed E-state index contributed by atoms with van der Waals surface area (Å²) in [6, 6.07) is 0.677. The lowest BCUT2D eigenvalue weighted by molar-refractivity contribution is 0.207. The first-order chi connectivity index (χ1) is 7.11. The second-order valence-electron chi connectivity index (χ2n) is 4.55. The molecule has 0 radical (unpaired) electrons. The third-order valence-electron chi connectivity index (χ3n) is 2.80. The van der Waals surface area contributed by atoms with Crippen LogP contribution in [0.3, 0.4) is 0 Å². The summed E-state index contributed by atoms with van der Waals surface area (Å²) in [6.07, 6.45) is 2.44. The molecule has 0 aromatic heterocycles. The van der Waals surface area contributed by atoms with Gasteiger partial charge in [-0.25, -0.2) is 0 Å². The van der Waals surface area contributed by atoms with E-state index in [4.69, 9.17) is 0 Å². The molecule has 0 heterocycles. The summed E-state index contributed by atoms with van der Waals surface area (Å²) in [5.74, 6) is 0. The van der Waals surface area contributed by atoms with Gasteiger partial charge in [0, 0.05) is 25.7 Å². The molecule has 0 saturated carbocycles. The van der Waals surface area contributed by atoms with Crippen LogP contribution < -0.4 is 5.32 Å². The van der Waals surface area contributed by atoms with E-state index < -0.39 is 0 Å². The number of hydrogen-bond donors (Lipinski definition) is 1.